The molecule has 4 rings (SSSR count). The van der Waals surface area contributed by atoms with Crippen LogP contribution in [0.4, 0.5) is 0 Å². The number of rotatable bonds is 9. The van der Waals surface area contributed by atoms with E-state index in [1.54, 1.807) is 29.1 Å². The van der Waals surface area contributed by atoms with Gasteiger partial charge in [0.15, 0.2) is 0 Å². The zero-order valence-electron chi connectivity index (χ0n) is 20.5. The number of pyridine rings is 1. The van der Waals surface area contributed by atoms with Crippen LogP contribution in [0.3, 0.4) is 0 Å². The van der Waals surface area contributed by atoms with Gasteiger partial charge in [0, 0.05) is 48.4 Å². The van der Waals surface area contributed by atoms with E-state index in [0.29, 0.717) is 55.8 Å². The van der Waals surface area contributed by atoms with Crippen LogP contribution in [0, 0.1) is 0 Å². The van der Waals surface area contributed by atoms with Crippen LogP contribution in [-0.4, -0.2) is 62.8 Å². The molecule has 1 aliphatic carbocycles. The van der Waals surface area contributed by atoms with E-state index in [0.717, 1.165) is 11.3 Å². The standard InChI is InChI=1S/C27H32ClN5O2/c1-4-24(32(15-14-31(2)3)26(34)20-10-12-29-13-11-20)25-30-23-17-21(28)16-22(23)27(35)33(25)18-19-8-6-5-7-9-19/h5-13,21,24H,4,14-18H2,1-3H3. The molecule has 0 fully saturated rings. The first-order valence-corrected chi connectivity index (χ1v) is 12.5. The molecule has 2 aromatic heterocycles. The third-order valence-electron chi connectivity index (χ3n) is 6.44. The van der Waals surface area contributed by atoms with E-state index in [1.807, 2.05) is 61.2 Å². The van der Waals surface area contributed by atoms with Crippen molar-refractivity contribution in [2.24, 2.45) is 0 Å². The summed E-state index contributed by atoms with van der Waals surface area (Å²) in [7, 11) is 3.96. The van der Waals surface area contributed by atoms with E-state index in [2.05, 4.69) is 4.98 Å². The van der Waals surface area contributed by atoms with Crippen molar-refractivity contribution in [2.45, 2.75) is 44.1 Å². The van der Waals surface area contributed by atoms with Crippen LogP contribution in [0.5, 0.6) is 0 Å². The van der Waals surface area contributed by atoms with Crippen LogP contribution >= 0.6 is 11.6 Å². The van der Waals surface area contributed by atoms with Crippen LogP contribution in [0.15, 0.2) is 59.7 Å². The maximum absolute atomic E-state index is 13.7. The Kier molecular flexibility index (Phi) is 7.98. The van der Waals surface area contributed by atoms with Gasteiger partial charge in [-0.3, -0.25) is 19.1 Å². The topological polar surface area (TPSA) is 71.3 Å². The molecule has 2 unspecified atom stereocenters. The Bertz CT molecular complexity index is 1210. The number of carbonyl (C=O) groups excluding carboxylic acids is 1. The first kappa shape index (κ1) is 25.1. The van der Waals surface area contributed by atoms with Gasteiger partial charge in [-0.2, -0.15) is 0 Å². The molecule has 2 atom stereocenters. The number of alkyl halides is 1. The van der Waals surface area contributed by atoms with Gasteiger partial charge in [-0.05, 0) is 44.6 Å². The van der Waals surface area contributed by atoms with E-state index in [1.165, 1.54) is 0 Å². The molecule has 0 saturated carbocycles. The van der Waals surface area contributed by atoms with Crippen LogP contribution in [-0.2, 0) is 19.4 Å². The molecular formula is C27H32ClN5O2. The van der Waals surface area contributed by atoms with Crippen molar-refractivity contribution in [1.82, 2.24) is 24.3 Å². The van der Waals surface area contributed by atoms with E-state index in [9.17, 15) is 9.59 Å². The molecule has 8 heteroatoms. The minimum atomic E-state index is -0.369. The van der Waals surface area contributed by atoms with Gasteiger partial charge in [-0.15, -0.1) is 11.6 Å². The fourth-order valence-electron chi connectivity index (χ4n) is 4.62. The van der Waals surface area contributed by atoms with Crippen LogP contribution in [0.25, 0.3) is 0 Å². The second-order valence-electron chi connectivity index (χ2n) is 9.24. The minimum absolute atomic E-state index is 0.0561. The molecule has 0 bridgehead atoms. The molecule has 1 amide bonds. The van der Waals surface area contributed by atoms with Crippen molar-refractivity contribution in [2.75, 3.05) is 27.2 Å². The summed E-state index contributed by atoms with van der Waals surface area (Å²) in [6.45, 7) is 3.61. The third kappa shape index (κ3) is 5.63. The second-order valence-corrected chi connectivity index (χ2v) is 9.86. The highest BCUT2D eigenvalue weighted by Gasteiger charge is 2.32. The SMILES string of the molecule is CCC(c1nc2c(c(=O)n1Cc1ccccc1)CC(Cl)C2)N(CCN(C)C)C(=O)c1ccncc1. The van der Waals surface area contributed by atoms with Gasteiger partial charge in [-0.25, -0.2) is 4.98 Å². The maximum Gasteiger partial charge on any atom is 0.257 e. The van der Waals surface area contributed by atoms with Crippen molar-refractivity contribution in [3.05, 3.63) is 93.4 Å². The fourth-order valence-corrected chi connectivity index (χ4v) is 4.92. The third-order valence-corrected chi connectivity index (χ3v) is 6.75. The van der Waals surface area contributed by atoms with Crippen LogP contribution in [0.2, 0.25) is 0 Å². The van der Waals surface area contributed by atoms with Gasteiger partial charge in [0.25, 0.3) is 11.5 Å². The molecule has 3 aromatic rings. The summed E-state index contributed by atoms with van der Waals surface area (Å²) in [6.07, 6.45) is 4.96. The van der Waals surface area contributed by atoms with Gasteiger partial charge >= 0.3 is 0 Å². The molecule has 0 spiro atoms. The zero-order chi connectivity index (χ0) is 24.9. The number of hydrogen-bond acceptors (Lipinski definition) is 5. The summed E-state index contributed by atoms with van der Waals surface area (Å²) >= 11 is 6.44. The quantitative estimate of drug-likeness (QED) is 0.426. The van der Waals surface area contributed by atoms with Crippen LogP contribution < -0.4 is 5.56 Å². The number of fused-ring (bicyclic) bond motifs is 1. The normalized spacial score (nSPS) is 15.7. The largest absolute Gasteiger partial charge is 0.327 e. The number of carbonyl (C=O) groups is 1. The summed E-state index contributed by atoms with van der Waals surface area (Å²) in [5, 5.41) is -0.131. The van der Waals surface area contributed by atoms with Gasteiger partial charge in [-0.1, -0.05) is 37.3 Å². The van der Waals surface area contributed by atoms with Crippen molar-refractivity contribution >= 4 is 17.5 Å². The molecule has 1 aromatic carbocycles. The minimum Gasteiger partial charge on any atom is -0.327 e. The number of halogens is 1. The summed E-state index contributed by atoms with van der Waals surface area (Å²) in [4.78, 5) is 40.4. The van der Waals surface area contributed by atoms with Gasteiger partial charge in [0.2, 0.25) is 0 Å². The molecule has 0 saturated heterocycles. The van der Waals surface area contributed by atoms with Crippen molar-refractivity contribution in [1.29, 1.82) is 0 Å². The second kappa shape index (κ2) is 11.1. The Hall–Kier alpha value is -3.03. The monoisotopic (exact) mass is 493 g/mol. The molecule has 0 radical (unpaired) electrons. The average molecular weight is 494 g/mol. The molecule has 1 aliphatic rings. The first-order valence-electron chi connectivity index (χ1n) is 12.0. The number of nitrogens with zero attached hydrogens (tertiary/aromatic N) is 5. The van der Waals surface area contributed by atoms with E-state index >= 15 is 0 Å². The summed E-state index contributed by atoms with van der Waals surface area (Å²) in [6, 6.07) is 13.0. The molecule has 35 heavy (non-hydrogen) atoms. The maximum atomic E-state index is 13.7. The lowest BCUT2D eigenvalue weighted by Crippen LogP contribution is -2.42. The highest BCUT2D eigenvalue weighted by molar-refractivity contribution is 6.21. The Morgan fingerprint density at radius 2 is 1.83 bits per heavy atom. The molecule has 0 aliphatic heterocycles. The summed E-state index contributed by atoms with van der Waals surface area (Å²) in [5.41, 5.74) is 2.97. The number of likely N-dealkylation sites (N-methyl/N-ethyl adjacent to an activating group) is 1. The fraction of sp³-hybridized carbons (Fsp3) is 0.407. The Morgan fingerprint density at radius 3 is 2.49 bits per heavy atom. The first-order chi connectivity index (χ1) is 16.9. The van der Waals surface area contributed by atoms with E-state index in [4.69, 9.17) is 16.6 Å². The lowest BCUT2D eigenvalue weighted by molar-refractivity contribution is 0.0641. The van der Waals surface area contributed by atoms with Gasteiger partial charge in [0.05, 0.1) is 18.3 Å². The average Bonchev–Trinajstić information content (AvgIpc) is 3.25. The lowest BCUT2D eigenvalue weighted by Gasteiger charge is -2.33. The highest BCUT2D eigenvalue weighted by Crippen LogP contribution is 2.28. The zero-order valence-corrected chi connectivity index (χ0v) is 21.3. The smallest absolute Gasteiger partial charge is 0.257 e. The predicted molar refractivity (Wildman–Crippen MR) is 138 cm³/mol. The predicted octanol–water partition coefficient (Wildman–Crippen LogP) is 3.55. The van der Waals surface area contributed by atoms with Crippen molar-refractivity contribution in [3.8, 4) is 0 Å². The Balaban J connectivity index is 1.83. The summed E-state index contributed by atoms with van der Waals surface area (Å²) in [5.74, 6) is 0.518. The number of benzene rings is 1. The van der Waals surface area contributed by atoms with Crippen molar-refractivity contribution < 1.29 is 4.79 Å². The number of aromatic nitrogens is 3. The molecule has 2 heterocycles. The molecule has 7 nitrogen and oxygen atoms in total. The Morgan fingerprint density at radius 1 is 1.11 bits per heavy atom. The lowest BCUT2D eigenvalue weighted by atomic mass is 10.1. The molecule has 0 N–H and O–H groups in total. The number of hydrogen-bond donors (Lipinski definition) is 0. The van der Waals surface area contributed by atoms with Gasteiger partial charge < -0.3 is 9.80 Å². The van der Waals surface area contributed by atoms with Crippen LogP contribution in [0.1, 0.15) is 52.4 Å². The van der Waals surface area contributed by atoms with Gasteiger partial charge in [0.1, 0.15) is 5.82 Å². The van der Waals surface area contributed by atoms with E-state index < -0.39 is 0 Å². The highest BCUT2D eigenvalue weighted by atomic mass is 35.5. The summed E-state index contributed by atoms with van der Waals surface area (Å²) < 4.78 is 1.75. The molecular weight excluding hydrogens is 462 g/mol. The number of amides is 1. The van der Waals surface area contributed by atoms with Crippen molar-refractivity contribution in [3.63, 3.8) is 0 Å². The molecule has 184 valence electrons. The van der Waals surface area contributed by atoms with E-state index in [-0.39, 0.29) is 22.9 Å². The Labute approximate surface area is 211 Å².